The zero-order valence-electron chi connectivity index (χ0n) is 22.1. The van der Waals surface area contributed by atoms with Gasteiger partial charge >= 0.3 is 0 Å². The molecule has 1 aliphatic heterocycles. The van der Waals surface area contributed by atoms with Gasteiger partial charge in [0.15, 0.2) is 0 Å². The van der Waals surface area contributed by atoms with Crippen LogP contribution in [0.15, 0.2) is 77.8 Å². The van der Waals surface area contributed by atoms with Crippen molar-refractivity contribution in [3.05, 3.63) is 101 Å². The molecule has 1 atom stereocenters. The van der Waals surface area contributed by atoms with Gasteiger partial charge in [-0.2, -0.15) is 0 Å². The summed E-state index contributed by atoms with van der Waals surface area (Å²) >= 11 is 0. The number of para-hydroxylation sites is 1. The van der Waals surface area contributed by atoms with Crippen molar-refractivity contribution in [3.8, 4) is 0 Å². The van der Waals surface area contributed by atoms with E-state index in [-0.39, 0.29) is 12.0 Å². The summed E-state index contributed by atoms with van der Waals surface area (Å²) < 4.78 is 27.3. The molecular weight excluding hydrogens is 514 g/mol. The molecule has 2 aliphatic rings. The van der Waals surface area contributed by atoms with E-state index in [1.807, 2.05) is 54.6 Å². The highest BCUT2D eigenvalue weighted by Crippen LogP contribution is 2.31. The number of nitrogens with one attached hydrogen (secondary N) is 2. The smallest absolute Gasteiger partial charge is 0.272 e. The number of nitrogens with zero attached hydrogens (tertiary/aromatic N) is 2. The number of hydrogen-bond donors (Lipinski definition) is 2. The highest BCUT2D eigenvalue weighted by atomic mass is 19.1. The van der Waals surface area contributed by atoms with E-state index in [0.717, 1.165) is 35.7 Å². The first kappa shape index (κ1) is 27.2. The molecule has 1 fully saturated rings. The van der Waals surface area contributed by atoms with E-state index < -0.39 is 41.1 Å². The first-order valence-corrected chi connectivity index (χ1v) is 13.3. The fraction of sp³-hybridized carbons (Fsp3) is 0.290. The van der Waals surface area contributed by atoms with Gasteiger partial charge in [0, 0.05) is 24.2 Å². The molecule has 3 amide bonds. The van der Waals surface area contributed by atoms with Gasteiger partial charge in [-0.25, -0.2) is 13.8 Å². The van der Waals surface area contributed by atoms with Crippen LogP contribution in [0.25, 0.3) is 0 Å². The molecule has 0 saturated heterocycles. The summed E-state index contributed by atoms with van der Waals surface area (Å²) in [4.78, 5) is 46.7. The molecular formula is C31H30F2N4O3. The van der Waals surface area contributed by atoms with Crippen molar-refractivity contribution in [3.63, 3.8) is 0 Å². The Morgan fingerprint density at radius 3 is 2.30 bits per heavy atom. The number of likely N-dealkylation sites (N-methyl/N-ethyl adjacent to an activating group) is 1. The molecule has 3 aromatic rings. The molecule has 0 aromatic heterocycles. The Bertz CT molecular complexity index is 1450. The second kappa shape index (κ2) is 11.4. The number of fused-ring (bicyclic) bond motifs is 1. The second-order valence-electron chi connectivity index (χ2n) is 10.3. The number of amides is 3. The minimum Gasteiger partial charge on any atom is -0.341 e. The van der Waals surface area contributed by atoms with Gasteiger partial charge in [-0.15, -0.1) is 0 Å². The van der Waals surface area contributed by atoms with Crippen LogP contribution in [0.1, 0.15) is 48.8 Å². The van der Waals surface area contributed by atoms with Crippen LogP contribution in [0.4, 0.5) is 14.5 Å². The van der Waals surface area contributed by atoms with Gasteiger partial charge < -0.3 is 15.5 Å². The molecule has 7 nitrogen and oxygen atoms in total. The Morgan fingerprint density at radius 1 is 0.950 bits per heavy atom. The lowest BCUT2D eigenvalue weighted by Crippen LogP contribution is -2.62. The van der Waals surface area contributed by atoms with E-state index >= 15 is 0 Å². The Hall–Kier alpha value is -4.40. The van der Waals surface area contributed by atoms with Crippen LogP contribution in [0.3, 0.4) is 0 Å². The van der Waals surface area contributed by atoms with Gasteiger partial charge in [-0.1, -0.05) is 67.8 Å². The van der Waals surface area contributed by atoms with Crippen molar-refractivity contribution in [1.29, 1.82) is 0 Å². The summed E-state index contributed by atoms with van der Waals surface area (Å²) in [6.45, 7) is 0. The molecule has 206 valence electrons. The van der Waals surface area contributed by atoms with Crippen LogP contribution >= 0.6 is 0 Å². The lowest BCUT2D eigenvalue weighted by Gasteiger charge is -2.37. The summed E-state index contributed by atoms with van der Waals surface area (Å²) in [5.74, 6) is -3.03. The number of carbonyl (C=O) groups is 3. The molecule has 2 N–H and O–H groups in total. The number of benzodiazepines with no additional fused rings is 1. The highest BCUT2D eigenvalue weighted by molar-refractivity contribution is 6.20. The van der Waals surface area contributed by atoms with E-state index in [4.69, 9.17) is 4.99 Å². The molecule has 0 radical (unpaired) electrons. The third kappa shape index (κ3) is 5.64. The van der Waals surface area contributed by atoms with E-state index in [0.29, 0.717) is 37.1 Å². The lowest BCUT2D eigenvalue weighted by atomic mass is 9.80. The summed E-state index contributed by atoms with van der Waals surface area (Å²) in [7, 11) is 1.64. The number of anilines is 1. The summed E-state index contributed by atoms with van der Waals surface area (Å²) in [6.07, 6.45) is 1.52. The van der Waals surface area contributed by atoms with Crippen molar-refractivity contribution in [2.24, 2.45) is 4.99 Å². The van der Waals surface area contributed by atoms with Crippen molar-refractivity contribution >= 4 is 29.1 Å². The highest BCUT2D eigenvalue weighted by Gasteiger charge is 2.43. The SMILES string of the molecule is CN1C(=O)C(NC(=O)C2(NC(=O)Cc3cc(F)cc(F)c3)CCCCC2)N=C(c2ccccc2)c2ccccc21. The molecule has 1 aliphatic carbocycles. The largest absolute Gasteiger partial charge is 0.341 e. The maximum Gasteiger partial charge on any atom is 0.272 e. The van der Waals surface area contributed by atoms with Crippen LogP contribution < -0.4 is 15.5 Å². The molecule has 0 spiro atoms. The maximum absolute atomic E-state index is 13.9. The quantitative estimate of drug-likeness (QED) is 0.485. The van der Waals surface area contributed by atoms with Crippen LogP contribution in [0.5, 0.6) is 0 Å². The molecule has 5 rings (SSSR count). The number of carbonyl (C=O) groups excluding carboxylic acids is 3. The predicted octanol–water partition coefficient (Wildman–Crippen LogP) is 4.28. The molecule has 3 aromatic carbocycles. The Labute approximate surface area is 231 Å². The fourth-order valence-electron chi connectivity index (χ4n) is 5.48. The first-order valence-electron chi connectivity index (χ1n) is 13.3. The van der Waals surface area contributed by atoms with Crippen molar-refractivity contribution in [2.75, 3.05) is 11.9 Å². The molecule has 1 saturated carbocycles. The average Bonchev–Trinajstić information content (AvgIpc) is 3.04. The number of aliphatic imine (C=N–C) groups is 1. The molecule has 1 unspecified atom stereocenters. The number of rotatable bonds is 6. The molecule has 40 heavy (non-hydrogen) atoms. The predicted molar refractivity (Wildman–Crippen MR) is 148 cm³/mol. The number of hydrogen-bond acceptors (Lipinski definition) is 4. The van der Waals surface area contributed by atoms with Crippen LogP contribution in [0, 0.1) is 11.6 Å². The number of benzene rings is 3. The Morgan fingerprint density at radius 2 is 1.60 bits per heavy atom. The van der Waals surface area contributed by atoms with Crippen LogP contribution in [-0.4, -0.2) is 42.2 Å². The number of halogens is 2. The lowest BCUT2D eigenvalue weighted by molar-refractivity contribution is -0.136. The van der Waals surface area contributed by atoms with Gasteiger partial charge in [0.05, 0.1) is 17.8 Å². The molecule has 1 heterocycles. The Kier molecular flexibility index (Phi) is 7.73. The minimum absolute atomic E-state index is 0.164. The van der Waals surface area contributed by atoms with Crippen molar-refractivity contribution in [2.45, 2.75) is 50.2 Å². The van der Waals surface area contributed by atoms with Gasteiger partial charge in [-0.05, 0) is 36.6 Å². The van der Waals surface area contributed by atoms with Gasteiger partial charge in [0.1, 0.15) is 17.2 Å². The van der Waals surface area contributed by atoms with Crippen LogP contribution in [-0.2, 0) is 20.8 Å². The minimum atomic E-state index is -1.28. The zero-order chi connectivity index (χ0) is 28.3. The van der Waals surface area contributed by atoms with Crippen LogP contribution in [0.2, 0.25) is 0 Å². The topological polar surface area (TPSA) is 90.9 Å². The van der Waals surface area contributed by atoms with E-state index in [2.05, 4.69) is 10.6 Å². The summed E-state index contributed by atoms with van der Waals surface area (Å²) in [5.41, 5.74) is 1.66. The average molecular weight is 545 g/mol. The van der Waals surface area contributed by atoms with E-state index in [9.17, 15) is 23.2 Å². The fourth-order valence-corrected chi connectivity index (χ4v) is 5.48. The van der Waals surface area contributed by atoms with E-state index in [1.54, 1.807) is 7.05 Å². The molecule has 0 bridgehead atoms. The second-order valence-corrected chi connectivity index (χ2v) is 10.3. The summed E-state index contributed by atoms with van der Waals surface area (Å²) in [6, 6.07) is 19.8. The summed E-state index contributed by atoms with van der Waals surface area (Å²) in [5, 5.41) is 5.66. The first-order chi connectivity index (χ1) is 19.3. The normalized spacial score (nSPS) is 18.3. The van der Waals surface area contributed by atoms with E-state index in [1.165, 1.54) is 4.90 Å². The monoisotopic (exact) mass is 544 g/mol. The standard InChI is InChI=1S/C31H30F2N4O3/c1-37-25-13-7-6-12-24(25)27(21-10-4-2-5-11-21)34-28(29(37)39)35-30(40)31(14-8-3-9-15-31)36-26(38)18-20-16-22(32)19-23(33)17-20/h2,4-7,10-13,16-17,19,28H,3,8-9,14-15,18H2,1H3,(H,35,40)(H,36,38). The van der Waals surface area contributed by atoms with Crippen molar-refractivity contribution in [1.82, 2.24) is 10.6 Å². The third-order valence-corrected chi connectivity index (χ3v) is 7.47. The van der Waals surface area contributed by atoms with Crippen molar-refractivity contribution < 1.29 is 23.2 Å². The van der Waals surface area contributed by atoms with Gasteiger partial charge in [0.25, 0.3) is 5.91 Å². The maximum atomic E-state index is 13.9. The zero-order valence-corrected chi connectivity index (χ0v) is 22.1. The molecule has 9 heteroatoms. The van der Waals surface area contributed by atoms with Gasteiger partial charge in [0.2, 0.25) is 18.0 Å². The third-order valence-electron chi connectivity index (χ3n) is 7.47. The van der Waals surface area contributed by atoms with Gasteiger partial charge in [-0.3, -0.25) is 14.4 Å². The Balaban J connectivity index is 1.44.